The molecule has 0 aliphatic rings. The molecule has 0 unspecified atom stereocenters. The SMILES string of the molecule is C=C(C)CN(CC)S(=O)(=O)c1ccc(C(F)(F)F)cc1. The highest BCUT2D eigenvalue weighted by atomic mass is 32.2. The molecule has 0 saturated carbocycles. The minimum atomic E-state index is -4.48. The fourth-order valence-electron chi connectivity index (χ4n) is 1.63. The zero-order valence-electron chi connectivity index (χ0n) is 11.2. The number of hydrogen-bond donors (Lipinski definition) is 0. The molecule has 0 aliphatic heterocycles. The van der Waals surface area contributed by atoms with Crippen molar-refractivity contribution in [1.82, 2.24) is 4.31 Å². The number of alkyl halides is 3. The number of hydrogen-bond acceptors (Lipinski definition) is 2. The van der Waals surface area contributed by atoms with Gasteiger partial charge in [0.15, 0.2) is 0 Å². The van der Waals surface area contributed by atoms with E-state index >= 15 is 0 Å². The van der Waals surface area contributed by atoms with Crippen LogP contribution in [0.2, 0.25) is 0 Å². The van der Waals surface area contributed by atoms with Crippen molar-refractivity contribution in [2.24, 2.45) is 0 Å². The first kappa shape index (κ1) is 16.7. The van der Waals surface area contributed by atoms with Crippen molar-refractivity contribution in [2.45, 2.75) is 24.9 Å². The first-order chi connectivity index (χ1) is 9.09. The van der Waals surface area contributed by atoms with Crippen molar-refractivity contribution in [3.63, 3.8) is 0 Å². The van der Waals surface area contributed by atoms with Crippen LogP contribution in [0, 0.1) is 0 Å². The molecule has 20 heavy (non-hydrogen) atoms. The minimum Gasteiger partial charge on any atom is -0.207 e. The Morgan fingerprint density at radius 1 is 1.25 bits per heavy atom. The zero-order chi connectivity index (χ0) is 15.6. The van der Waals surface area contributed by atoms with Gasteiger partial charge in [-0.15, -0.1) is 0 Å². The summed E-state index contributed by atoms with van der Waals surface area (Å²) in [6.45, 7) is 7.34. The fraction of sp³-hybridized carbons (Fsp3) is 0.385. The maximum absolute atomic E-state index is 12.4. The summed E-state index contributed by atoms with van der Waals surface area (Å²) in [4.78, 5) is -0.159. The highest BCUT2D eigenvalue weighted by Crippen LogP contribution is 2.30. The van der Waals surface area contributed by atoms with Gasteiger partial charge >= 0.3 is 6.18 Å². The van der Waals surface area contributed by atoms with E-state index in [2.05, 4.69) is 6.58 Å². The maximum atomic E-state index is 12.4. The molecular weight excluding hydrogens is 291 g/mol. The van der Waals surface area contributed by atoms with Crippen LogP contribution >= 0.6 is 0 Å². The molecule has 0 aliphatic carbocycles. The van der Waals surface area contributed by atoms with Crippen molar-refractivity contribution in [1.29, 1.82) is 0 Å². The second-order valence-corrected chi connectivity index (χ2v) is 6.35. The van der Waals surface area contributed by atoms with Crippen LogP contribution in [0.15, 0.2) is 41.3 Å². The largest absolute Gasteiger partial charge is 0.416 e. The standard InChI is InChI=1S/C13H16F3NO2S/c1-4-17(9-10(2)3)20(18,19)12-7-5-11(6-8-12)13(14,15)16/h5-8H,2,4,9H2,1,3H3. The lowest BCUT2D eigenvalue weighted by Crippen LogP contribution is -2.32. The van der Waals surface area contributed by atoms with Crippen LogP contribution in [0.3, 0.4) is 0 Å². The van der Waals surface area contributed by atoms with Gasteiger partial charge in [-0.25, -0.2) is 8.42 Å². The van der Waals surface area contributed by atoms with Gasteiger partial charge in [-0.3, -0.25) is 0 Å². The Morgan fingerprint density at radius 2 is 1.75 bits per heavy atom. The third kappa shape index (κ3) is 3.83. The van der Waals surface area contributed by atoms with E-state index in [1.165, 1.54) is 0 Å². The average Bonchev–Trinajstić information content (AvgIpc) is 2.34. The Morgan fingerprint density at radius 3 is 2.10 bits per heavy atom. The molecular formula is C13H16F3NO2S. The molecule has 7 heteroatoms. The third-order valence-electron chi connectivity index (χ3n) is 2.62. The van der Waals surface area contributed by atoms with Gasteiger partial charge in [0, 0.05) is 13.1 Å². The number of rotatable bonds is 5. The van der Waals surface area contributed by atoms with Crippen molar-refractivity contribution < 1.29 is 21.6 Å². The van der Waals surface area contributed by atoms with E-state index in [9.17, 15) is 21.6 Å². The van der Waals surface area contributed by atoms with Crippen LogP contribution in [0.1, 0.15) is 19.4 Å². The minimum absolute atomic E-state index is 0.139. The molecule has 0 fully saturated rings. The second kappa shape index (κ2) is 5.97. The highest BCUT2D eigenvalue weighted by Gasteiger charge is 2.31. The molecule has 0 spiro atoms. The second-order valence-electron chi connectivity index (χ2n) is 4.41. The molecule has 0 heterocycles. The van der Waals surface area contributed by atoms with E-state index < -0.39 is 21.8 Å². The van der Waals surface area contributed by atoms with E-state index in [0.717, 1.165) is 28.6 Å². The lowest BCUT2D eigenvalue weighted by molar-refractivity contribution is -0.137. The molecule has 1 aromatic rings. The molecule has 0 aromatic heterocycles. The van der Waals surface area contributed by atoms with Gasteiger partial charge in [0.2, 0.25) is 10.0 Å². The molecule has 0 amide bonds. The molecule has 3 nitrogen and oxygen atoms in total. The number of sulfonamides is 1. The zero-order valence-corrected chi connectivity index (χ0v) is 12.1. The van der Waals surface area contributed by atoms with E-state index in [0.29, 0.717) is 5.57 Å². The summed E-state index contributed by atoms with van der Waals surface area (Å²) in [5, 5.41) is 0. The summed E-state index contributed by atoms with van der Waals surface area (Å²) in [5.74, 6) is 0. The summed E-state index contributed by atoms with van der Waals surface area (Å²) < 4.78 is 63.0. The first-order valence-electron chi connectivity index (χ1n) is 5.91. The lowest BCUT2D eigenvalue weighted by atomic mass is 10.2. The van der Waals surface area contributed by atoms with Gasteiger partial charge in [0.1, 0.15) is 0 Å². The van der Waals surface area contributed by atoms with Gasteiger partial charge < -0.3 is 0 Å². The van der Waals surface area contributed by atoms with Crippen LogP contribution in [0.4, 0.5) is 13.2 Å². The van der Waals surface area contributed by atoms with Crippen molar-refractivity contribution in [2.75, 3.05) is 13.1 Å². The molecule has 0 saturated heterocycles. The van der Waals surface area contributed by atoms with Gasteiger partial charge in [-0.1, -0.05) is 19.1 Å². The molecule has 0 radical (unpaired) electrons. The van der Waals surface area contributed by atoms with Crippen LogP contribution in [-0.2, 0) is 16.2 Å². The Labute approximate surface area is 116 Å². The van der Waals surface area contributed by atoms with Crippen molar-refractivity contribution in [3.05, 3.63) is 42.0 Å². The predicted molar refractivity (Wildman–Crippen MR) is 70.7 cm³/mol. The number of halogens is 3. The summed E-state index contributed by atoms with van der Waals surface area (Å²) >= 11 is 0. The van der Waals surface area contributed by atoms with E-state index in [4.69, 9.17) is 0 Å². The number of likely N-dealkylation sites (N-methyl/N-ethyl adjacent to an activating group) is 1. The molecule has 1 rings (SSSR count). The van der Waals surface area contributed by atoms with Gasteiger partial charge in [-0.05, 0) is 31.2 Å². The van der Waals surface area contributed by atoms with Crippen LogP contribution in [0.25, 0.3) is 0 Å². The van der Waals surface area contributed by atoms with E-state index in [-0.39, 0.29) is 18.0 Å². The molecule has 1 aromatic carbocycles. The monoisotopic (exact) mass is 307 g/mol. The smallest absolute Gasteiger partial charge is 0.207 e. The molecule has 0 bridgehead atoms. The summed E-state index contributed by atoms with van der Waals surface area (Å²) in [6.07, 6.45) is -4.48. The van der Waals surface area contributed by atoms with E-state index in [1.54, 1.807) is 13.8 Å². The Kier molecular flexibility index (Phi) is 4.99. The third-order valence-corrected chi connectivity index (χ3v) is 4.55. The predicted octanol–water partition coefficient (Wildman–Crippen LogP) is 3.29. The quantitative estimate of drug-likeness (QED) is 0.783. The highest BCUT2D eigenvalue weighted by molar-refractivity contribution is 7.89. The maximum Gasteiger partial charge on any atom is 0.416 e. The molecule has 0 N–H and O–H groups in total. The van der Waals surface area contributed by atoms with E-state index in [1.807, 2.05) is 0 Å². The first-order valence-corrected chi connectivity index (χ1v) is 7.35. The average molecular weight is 307 g/mol. The topological polar surface area (TPSA) is 37.4 Å². The Bertz CT molecular complexity index is 577. The molecule has 112 valence electrons. The van der Waals surface area contributed by atoms with Crippen molar-refractivity contribution >= 4 is 10.0 Å². The summed E-state index contributed by atoms with van der Waals surface area (Å²) in [7, 11) is -3.80. The summed E-state index contributed by atoms with van der Waals surface area (Å²) in [6, 6.07) is 3.47. The summed E-state index contributed by atoms with van der Waals surface area (Å²) in [5.41, 5.74) is -0.221. The van der Waals surface area contributed by atoms with Gasteiger partial charge in [-0.2, -0.15) is 17.5 Å². The van der Waals surface area contributed by atoms with Crippen LogP contribution < -0.4 is 0 Å². The van der Waals surface area contributed by atoms with Crippen molar-refractivity contribution in [3.8, 4) is 0 Å². The lowest BCUT2D eigenvalue weighted by Gasteiger charge is -2.20. The number of nitrogens with zero attached hydrogens (tertiary/aromatic N) is 1. The van der Waals surface area contributed by atoms with Gasteiger partial charge in [0.25, 0.3) is 0 Å². The normalized spacial score (nSPS) is 12.7. The Hall–Kier alpha value is -1.34. The van der Waals surface area contributed by atoms with Gasteiger partial charge in [0.05, 0.1) is 10.5 Å². The number of benzene rings is 1. The van der Waals surface area contributed by atoms with Crippen LogP contribution in [-0.4, -0.2) is 25.8 Å². The molecule has 0 atom stereocenters. The van der Waals surface area contributed by atoms with Crippen LogP contribution in [0.5, 0.6) is 0 Å². The fourth-order valence-corrected chi connectivity index (χ4v) is 3.14. The Balaban J connectivity index is 3.12.